The second kappa shape index (κ2) is 9.24. The minimum Gasteiger partial charge on any atom is -0.497 e. The van der Waals surface area contributed by atoms with E-state index in [1.165, 1.54) is 56.5 Å². The first-order valence-corrected chi connectivity index (χ1v) is 11.4. The Bertz CT molecular complexity index is 1310. The molecule has 0 aliphatic heterocycles. The minimum atomic E-state index is -4.78. The zero-order chi connectivity index (χ0) is 24.6. The molecule has 0 saturated heterocycles. The lowest BCUT2D eigenvalue weighted by Gasteiger charge is -2.12. The molecule has 33 heavy (non-hydrogen) atoms. The van der Waals surface area contributed by atoms with E-state index in [1.807, 2.05) is 0 Å². The van der Waals surface area contributed by atoms with Gasteiger partial charge in [-0.1, -0.05) is 23.2 Å². The van der Waals surface area contributed by atoms with Crippen LogP contribution in [-0.2, 0) is 27.4 Å². The van der Waals surface area contributed by atoms with Crippen molar-refractivity contribution in [1.82, 2.24) is 9.78 Å². The van der Waals surface area contributed by atoms with Crippen LogP contribution < -0.4 is 10.1 Å². The van der Waals surface area contributed by atoms with Gasteiger partial charge < -0.3 is 10.1 Å². The van der Waals surface area contributed by atoms with Crippen molar-refractivity contribution in [3.63, 3.8) is 0 Å². The normalized spacial score (nSPS) is 12.0. The summed E-state index contributed by atoms with van der Waals surface area (Å²) in [5.41, 5.74) is -1.29. The lowest BCUT2D eigenvalue weighted by molar-refractivity contribution is -0.141. The van der Waals surface area contributed by atoms with Crippen molar-refractivity contribution < 1.29 is 31.1 Å². The summed E-state index contributed by atoms with van der Waals surface area (Å²) in [6, 6.07) is 9.34. The second-order valence-electron chi connectivity index (χ2n) is 6.81. The number of carbonyl (C=O) groups is 1. The lowest BCUT2D eigenvalue weighted by Crippen LogP contribution is -2.21. The molecule has 0 spiro atoms. The van der Waals surface area contributed by atoms with Gasteiger partial charge in [0.2, 0.25) is 15.7 Å². The van der Waals surface area contributed by atoms with Crippen molar-refractivity contribution in [1.29, 1.82) is 0 Å². The molecule has 0 saturated carbocycles. The fourth-order valence-electron chi connectivity index (χ4n) is 2.86. The molecule has 7 nitrogen and oxygen atoms in total. The van der Waals surface area contributed by atoms with E-state index in [9.17, 15) is 26.4 Å². The number of rotatable bonds is 6. The van der Waals surface area contributed by atoms with Gasteiger partial charge in [-0.15, -0.1) is 0 Å². The van der Waals surface area contributed by atoms with E-state index in [0.717, 1.165) is 4.68 Å². The van der Waals surface area contributed by atoms with E-state index >= 15 is 0 Å². The topological polar surface area (TPSA) is 90.3 Å². The largest absolute Gasteiger partial charge is 0.497 e. The predicted octanol–water partition coefficient (Wildman–Crippen LogP) is 5.00. The molecule has 0 unspecified atom stereocenters. The number of ether oxygens (including phenoxy) is 1. The molecule has 0 fully saturated rings. The highest BCUT2D eigenvalue weighted by Crippen LogP contribution is 2.35. The number of methoxy groups -OCH3 is 1. The Kier molecular flexibility index (Phi) is 6.96. The summed E-state index contributed by atoms with van der Waals surface area (Å²) < 4.78 is 70.9. The number of carbonyl (C=O) groups excluding carboxylic acids is 1. The van der Waals surface area contributed by atoms with E-state index < -0.39 is 39.2 Å². The van der Waals surface area contributed by atoms with Gasteiger partial charge in [-0.2, -0.15) is 18.3 Å². The summed E-state index contributed by atoms with van der Waals surface area (Å²) in [5, 5.41) is 5.56. The van der Waals surface area contributed by atoms with E-state index in [2.05, 4.69) is 10.4 Å². The SMILES string of the molecule is COc1cc(NC(=O)Cn2nc(C(F)(F)F)c(Cl)c2C)cc(S(=O)(=O)c2ccc(Cl)cc2)c1. The third kappa shape index (κ3) is 5.43. The Morgan fingerprint density at radius 1 is 1.12 bits per heavy atom. The van der Waals surface area contributed by atoms with Crippen LogP contribution in [0, 0.1) is 6.92 Å². The molecule has 176 valence electrons. The molecule has 1 amide bonds. The monoisotopic (exact) mass is 521 g/mol. The molecule has 1 N–H and O–H groups in total. The molecule has 13 heteroatoms. The maximum atomic E-state index is 13.0. The quantitative estimate of drug-likeness (QED) is 0.493. The van der Waals surface area contributed by atoms with Crippen LogP contribution in [0.3, 0.4) is 0 Å². The molecule has 0 atom stereocenters. The van der Waals surface area contributed by atoms with Crippen LogP contribution >= 0.6 is 23.2 Å². The van der Waals surface area contributed by atoms with Gasteiger partial charge in [-0.05, 0) is 43.3 Å². The van der Waals surface area contributed by atoms with Gasteiger partial charge in [0.05, 0.1) is 27.6 Å². The summed E-state index contributed by atoms with van der Waals surface area (Å²) in [5.74, 6) is -0.618. The van der Waals surface area contributed by atoms with Gasteiger partial charge in [-0.3, -0.25) is 9.48 Å². The molecule has 0 radical (unpaired) electrons. The fraction of sp³-hybridized carbons (Fsp3) is 0.200. The van der Waals surface area contributed by atoms with Gasteiger partial charge in [0.1, 0.15) is 12.3 Å². The maximum absolute atomic E-state index is 13.0. The smallest absolute Gasteiger partial charge is 0.436 e. The van der Waals surface area contributed by atoms with Crippen LogP contribution in [0.4, 0.5) is 18.9 Å². The Hall–Kier alpha value is -2.76. The number of nitrogens with one attached hydrogen (secondary N) is 1. The number of halogens is 5. The molecule has 3 aromatic rings. The number of sulfone groups is 1. The molecule has 0 aliphatic rings. The lowest BCUT2D eigenvalue weighted by atomic mass is 10.3. The molecule has 1 aromatic heterocycles. The fourth-order valence-corrected chi connectivity index (χ4v) is 4.55. The Morgan fingerprint density at radius 3 is 2.30 bits per heavy atom. The van der Waals surface area contributed by atoms with Crippen molar-refractivity contribution in [3.05, 3.63) is 63.9 Å². The number of benzene rings is 2. The number of hydrogen-bond acceptors (Lipinski definition) is 5. The van der Waals surface area contributed by atoms with Crippen LogP contribution in [0.25, 0.3) is 0 Å². The molecule has 0 bridgehead atoms. The zero-order valence-corrected chi connectivity index (χ0v) is 19.4. The Balaban J connectivity index is 1.89. The van der Waals surface area contributed by atoms with Crippen molar-refractivity contribution in [2.45, 2.75) is 29.4 Å². The highest BCUT2D eigenvalue weighted by molar-refractivity contribution is 7.91. The predicted molar refractivity (Wildman–Crippen MR) is 116 cm³/mol. The van der Waals surface area contributed by atoms with Gasteiger partial charge in [-0.25, -0.2) is 8.42 Å². The van der Waals surface area contributed by atoms with Crippen molar-refractivity contribution in [3.8, 4) is 5.75 Å². The Morgan fingerprint density at radius 2 is 1.76 bits per heavy atom. The molecule has 0 aliphatic carbocycles. The number of anilines is 1. The zero-order valence-electron chi connectivity index (χ0n) is 17.1. The molecule has 1 heterocycles. The first-order valence-electron chi connectivity index (χ1n) is 9.12. The molecular weight excluding hydrogens is 506 g/mol. The number of aromatic nitrogens is 2. The summed E-state index contributed by atoms with van der Waals surface area (Å²) in [6.45, 7) is 0.707. The number of hydrogen-bond donors (Lipinski definition) is 1. The van der Waals surface area contributed by atoms with Crippen LogP contribution in [-0.4, -0.2) is 31.2 Å². The molecule has 2 aromatic carbocycles. The Labute approximate surface area is 197 Å². The van der Waals surface area contributed by atoms with Crippen LogP contribution in [0.15, 0.2) is 52.3 Å². The maximum Gasteiger partial charge on any atom is 0.436 e. The number of alkyl halides is 3. The third-order valence-electron chi connectivity index (χ3n) is 4.53. The van der Waals surface area contributed by atoms with Crippen LogP contribution in [0.1, 0.15) is 11.4 Å². The minimum absolute atomic E-state index is 0.0288. The molecular formula is C20H16Cl2F3N3O4S. The summed E-state index contributed by atoms with van der Waals surface area (Å²) in [4.78, 5) is 12.3. The van der Waals surface area contributed by atoms with E-state index in [-0.39, 0.29) is 26.9 Å². The number of nitrogens with zero attached hydrogens (tertiary/aromatic N) is 2. The third-order valence-corrected chi connectivity index (χ3v) is 6.98. The highest BCUT2D eigenvalue weighted by Gasteiger charge is 2.38. The van der Waals surface area contributed by atoms with Crippen LogP contribution in [0.5, 0.6) is 5.75 Å². The van der Waals surface area contributed by atoms with Gasteiger partial charge in [0.25, 0.3) is 0 Å². The van der Waals surface area contributed by atoms with E-state index in [1.54, 1.807) is 0 Å². The molecule has 3 rings (SSSR count). The van der Waals surface area contributed by atoms with Gasteiger partial charge >= 0.3 is 6.18 Å². The standard InChI is InChI=1S/C20H16Cl2F3N3O4S/c1-11-18(22)19(20(23,24)25)27-28(11)10-17(29)26-13-7-14(32-2)9-16(8-13)33(30,31)15-5-3-12(21)4-6-15/h3-9H,10H2,1-2H3,(H,26,29). The summed E-state index contributed by atoms with van der Waals surface area (Å²) in [6.07, 6.45) is -4.78. The first-order chi connectivity index (χ1) is 15.3. The van der Waals surface area contributed by atoms with E-state index in [4.69, 9.17) is 27.9 Å². The summed E-state index contributed by atoms with van der Waals surface area (Å²) in [7, 11) is -2.67. The van der Waals surface area contributed by atoms with Crippen molar-refractivity contribution in [2.24, 2.45) is 0 Å². The van der Waals surface area contributed by atoms with Crippen molar-refractivity contribution in [2.75, 3.05) is 12.4 Å². The highest BCUT2D eigenvalue weighted by atomic mass is 35.5. The van der Waals surface area contributed by atoms with E-state index in [0.29, 0.717) is 5.02 Å². The van der Waals surface area contributed by atoms with Gasteiger partial charge in [0.15, 0.2) is 5.69 Å². The first kappa shape index (κ1) is 24.9. The number of amides is 1. The average Bonchev–Trinajstić information content (AvgIpc) is 3.02. The van der Waals surface area contributed by atoms with Crippen LogP contribution in [0.2, 0.25) is 10.0 Å². The second-order valence-corrected chi connectivity index (χ2v) is 9.57. The van der Waals surface area contributed by atoms with Crippen molar-refractivity contribution >= 4 is 44.6 Å². The average molecular weight is 522 g/mol. The van der Waals surface area contributed by atoms with Gasteiger partial charge in [0, 0.05) is 16.8 Å². The summed E-state index contributed by atoms with van der Waals surface area (Å²) >= 11 is 11.5.